The molecule has 0 aliphatic heterocycles. The van der Waals surface area contributed by atoms with Crippen molar-refractivity contribution in [2.24, 2.45) is 56.5 Å². The molecular weight excluding hydrogens is 424 g/mol. The molecule has 2 amide bonds. The quantitative estimate of drug-likeness (QED) is 0.400. The van der Waals surface area contributed by atoms with Crippen molar-refractivity contribution in [2.75, 3.05) is 0 Å². The first-order chi connectivity index (χ1) is 16.3. The largest absolute Gasteiger partial charge is 0.273 e. The fraction of sp³-hybridized carbons (Fsp3) is 0.857. The molecule has 0 radical (unpaired) electrons. The molecule has 2 N–H and O–H groups in total. The Kier molecular flexibility index (Phi) is 5.64. The summed E-state index contributed by atoms with van der Waals surface area (Å²) in [5, 5.41) is 9.06. The molecule has 8 aliphatic carbocycles. The molecule has 0 aromatic rings. The summed E-state index contributed by atoms with van der Waals surface area (Å²) < 4.78 is 0. The Bertz CT molecular complexity index is 775. The number of nitrogens with zero attached hydrogens (tertiary/aromatic N) is 2. The topological polar surface area (TPSA) is 82.9 Å². The SMILES string of the molecule is CC(=NNC(=O)CCC(=O)NN=C(C)C12CC3CC(CC(C3)C1)C2)C12CC3CC(CC(C3)C1)C2. The van der Waals surface area contributed by atoms with Gasteiger partial charge in [-0.15, -0.1) is 0 Å². The fourth-order valence-corrected chi connectivity index (χ4v) is 9.98. The lowest BCUT2D eigenvalue weighted by Crippen LogP contribution is -2.49. The highest BCUT2D eigenvalue weighted by molar-refractivity contribution is 5.91. The van der Waals surface area contributed by atoms with Gasteiger partial charge in [-0.05, 0) is 126 Å². The Morgan fingerprint density at radius 3 is 1.12 bits per heavy atom. The molecule has 8 bridgehead atoms. The summed E-state index contributed by atoms with van der Waals surface area (Å²) in [7, 11) is 0. The predicted molar refractivity (Wildman–Crippen MR) is 133 cm³/mol. The Hall–Kier alpha value is -1.72. The number of hydrogen-bond acceptors (Lipinski definition) is 4. The molecule has 8 aliphatic rings. The third-order valence-electron chi connectivity index (χ3n) is 10.9. The van der Waals surface area contributed by atoms with Crippen molar-refractivity contribution < 1.29 is 9.59 Å². The number of hydrazone groups is 2. The molecule has 0 aromatic heterocycles. The maximum atomic E-state index is 12.4. The van der Waals surface area contributed by atoms with E-state index in [0.29, 0.717) is 0 Å². The summed E-state index contributed by atoms with van der Waals surface area (Å²) in [6, 6.07) is 0. The van der Waals surface area contributed by atoms with Crippen molar-refractivity contribution in [3.63, 3.8) is 0 Å². The predicted octanol–water partition coefficient (Wildman–Crippen LogP) is 5.18. The molecule has 0 aromatic carbocycles. The zero-order chi connectivity index (χ0) is 23.5. The summed E-state index contributed by atoms with van der Waals surface area (Å²) in [4.78, 5) is 24.8. The number of carbonyl (C=O) groups excluding carboxylic acids is 2. The van der Waals surface area contributed by atoms with Crippen molar-refractivity contribution in [1.82, 2.24) is 10.9 Å². The summed E-state index contributed by atoms with van der Waals surface area (Å²) >= 11 is 0. The molecule has 0 spiro atoms. The van der Waals surface area contributed by atoms with Crippen LogP contribution in [0.15, 0.2) is 10.2 Å². The third kappa shape index (κ3) is 4.13. The zero-order valence-electron chi connectivity index (χ0n) is 21.1. The van der Waals surface area contributed by atoms with E-state index in [4.69, 9.17) is 0 Å². The number of rotatable bonds is 7. The highest BCUT2D eigenvalue weighted by Crippen LogP contribution is 2.61. The molecular formula is C28H42N4O2. The maximum absolute atomic E-state index is 12.4. The van der Waals surface area contributed by atoms with Crippen molar-refractivity contribution in [3.8, 4) is 0 Å². The zero-order valence-corrected chi connectivity index (χ0v) is 21.1. The minimum atomic E-state index is -0.180. The van der Waals surface area contributed by atoms with Crippen LogP contribution >= 0.6 is 0 Å². The van der Waals surface area contributed by atoms with Crippen LogP contribution in [0.1, 0.15) is 104 Å². The highest BCUT2D eigenvalue weighted by Gasteiger charge is 2.53. The average molecular weight is 467 g/mol. The number of nitrogens with one attached hydrogen (secondary N) is 2. The normalized spacial score (nSPS) is 44.4. The van der Waals surface area contributed by atoms with E-state index in [-0.39, 0.29) is 35.5 Å². The van der Waals surface area contributed by atoms with Crippen LogP contribution in [0.4, 0.5) is 0 Å². The number of amides is 2. The molecule has 0 unspecified atom stereocenters. The van der Waals surface area contributed by atoms with Crippen molar-refractivity contribution in [3.05, 3.63) is 0 Å². The number of hydrogen-bond donors (Lipinski definition) is 2. The van der Waals surface area contributed by atoms with Gasteiger partial charge in [0.1, 0.15) is 0 Å². The Morgan fingerprint density at radius 2 is 0.853 bits per heavy atom. The molecule has 8 saturated carbocycles. The minimum absolute atomic E-state index is 0.148. The van der Waals surface area contributed by atoms with Gasteiger partial charge in [0, 0.05) is 35.1 Å². The van der Waals surface area contributed by atoms with Crippen LogP contribution in [0, 0.1) is 46.3 Å². The van der Waals surface area contributed by atoms with Crippen LogP contribution in [0.3, 0.4) is 0 Å². The minimum Gasteiger partial charge on any atom is -0.273 e. The van der Waals surface area contributed by atoms with E-state index in [1.165, 1.54) is 77.0 Å². The van der Waals surface area contributed by atoms with Gasteiger partial charge < -0.3 is 0 Å². The van der Waals surface area contributed by atoms with Gasteiger partial charge in [-0.1, -0.05) is 0 Å². The average Bonchev–Trinajstić information content (AvgIpc) is 2.77. The second kappa shape index (κ2) is 8.44. The van der Waals surface area contributed by atoms with Crippen LogP contribution in [-0.4, -0.2) is 23.2 Å². The molecule has 8 rings (SSSR count). The van der Waals surface area contributed by atoms with Gasteiger partial charge in [0.15, 0.2) is 0 Å². The van der Waals surface area contributed by atoms with Gasteiger partial charge in [-0.25, -0.2) is 10.9 Å². The van der Waals surface area contributed by atoms with Crippen LogP contribution in [-0.2, 0) is 9.59 Å². The molecule has 8 fully saturated rings. The van der Waals surface area contributed by atoms with E-state index in [1.54, 1.807) is 0 Å². The Balaban J connectivity index is 0.979. The van der Waals surface area contributed by atoms with Crippen molar-refractivity contribution >= 4 is 23.2 Å². The first kappa shape index (κ1) is 22.7. The van der Waals surface area contributed by atoms with Crippen LogP contribution < -0.4 is 10.9 Å². The molecule has 6 nitrogen and oxygen atoms in total. The monoisotopic (exact) mass is 466 g/mol. The van der Waals surface area contributed by atoms with Crippen molar-refractivity contribution in [2.45, 2.75) is 104 Å². The summed E-state index contributed by atoms with van der Waals surface area (Å²) in [6.45, 7) is 4.20. The molecule has 186 valence electrons. The van der Waals surface area contributed by atoms with Gasteiger partial charge in [0.2, 0.25) is 11.8 Å². The highest BCUT2D eigenvalue weighted by atomic mass is 16.2. The second-order valence-electron chi connectivity index (χ2n) is 13.4. The van der Waals surface area contributed by atoms with Gasteiger partial charge in [-0.2, -0.15) is 10.2 Å². The Labute approximate surface area is 204 Å². The van der Waals surface area contributed by atoms with Crippen LogP contribution in [0.25, 0.3) is 0 Å². The third-order valence-corrected chi connectivity index (χ3v) is 10.9. The number of carbonyl (C=O) groups is 2. The second-order valence-corrected chi connectivity index (χ2v) is 13.4. The molecule has 0 atom stereocenters. The van der Waals surface area contributed by atoms with Gasteiger partial charge in [-0.3, -0.25) is 9.59 Å². The van der Waals surface area contributed by atoms with Gasteiger partial charge >= 0.3 is 0 Å². The molecule has 0 saturated heterocycles. The van der Waals surface area contributed by atoms with E-state index >= 15 is 0 Å². The van der Waals surface area contributed by atoms with Gasteiger partial charge in [0.05, 0.1) is 0 Å². The molecule has 0 heterocycles. The lowest BCUT2D eigenvalue weighted by molar-refractivity contribution is -0.126. The summed E-state index contributed by atoms with van der Waals surface area (Å²) in [5.41, 5.74) is 8.12. The summed E-state index contributed by atoms with van der Waals surface area (Å²) in [5.74, 6) is 4.80. The Morgan fingerprint density at radius 1 is 0.588 bits per heavy atom. The summed E-state index contributed by atoms with van der Waals surface area (Å²) in [6.07, 6.45) is 16.2. The standard InChI is InChI=1S/C28H42N4O2/c1-17(27-11-19-5-20(12-27)7-21(6-19)13-27)29-31-25(33)3-4-26(34)32-30-18(2)28-14-22-8-23(15-28)10-24(9-22)16-28/h19-24H,3-16H2,1-2H3,(H,31,33)(H,32,34). The van der Waals surface area contributed by atoms with Gasteiger partial charge in [0.25, 0.3) is 0 Å². The lowest BCUT2D eigenvalue weighted by atomic mass is 9.48. The van der Waals surface area contributed by atoms with E-state index in [0.717, 1.165) is 46.9 Å². The van der Waals surface area contributed by atoms with E-state index in [1.807, 2.05) is 0 Å². The van der Waals surface area contributed by atoms with E-state index < -0.39 is 0 Å². The molecule has 6 heteroatoms. The van der Waals surface area contributed by atoms with E-state index in [2.05, 4.69) is 34.9 Å². The maximum Gasteiger partial charge on any atom is 0.240 e. The van der Waals surface area contributed by atoms with Crippen LogP contribution in [0.2, 0.25) is 0 Å². The van der Waals surface area contributed by atoms with Crippen molar-refractivity contribution in [1.29, 1.82) is 0 Å². The molecule has 34 heavy (non-hydrogen) atoms. The fourth-order valence-electron chi connectivity index (χ4n) is 9.98. The lowest BCUT2D eigenvalue weighted by Gasteiger charge is -2.56. The smallest absolute Gasteiger partial charge is 0.240 e. The first-order valence-electron chi connectivity index (χ1n) is 14.0. The van der Waals surface area contributed by atoms with Crippen LogP contribution in [0.5, 0.6) is 0 Å². The van der Waals surface area contributed by atoms with E-state index in [9.17, 15) is 9.59 Å². The first-order valence-corrected chi connectivity index (χ1v) is 14.0.